The van der Waals surface area contributed by atoms with E-state index in [-0.39, 0.29) is 5.92 Å². The van der Waals surface area contributed by atoms with Crippen LogP contribution in [0.4, 0.5) is 13.2 Å². The summed E-state index contributed by atoms with van der Waals surface area (Å²) in [5.41, 5.74) is -0.416. The molecular formula is C9H9F3N. The molecule has 0 unspecified atom stereocenters. The van der Waals surface area contributed by atoms with Crippen LogP contribution in [-0.2, 0) is 6.18 Å². The van der Waals surface area contributed by atoms with Crippen LogP contribution in [-0.4, -0.2) is 4.98 Å². The van der Waals surface area contributed by atoms with Gasteiger partial charge in [-0.05, 0) is 12.0 Å². The molecule has 4 heteroatoms. The van der Waals surface area contributed by atoms with E-state index >= 15 is 0 Å². The van der Waals surface area contributed by atoms with Crippen molar-refractivity contribution in [3.05, 3.63) is 29.6 Å². The highest BCUT2D eigenvalue weighted by Gasteiger charge is 2.31. The largest absolute Gasteiger partial charge is 0.417 e. The van der Waals surface area contributed by atoms with Crippen LogP contribution in [0.15, 0.2) is 12.3 Å². The molecule has 71 valence electrons. The van der Waals surface area contributed by atoms with Gasteiger partial charge in [0.1, 0.15) is 0 Å². The number of pyridine rings is 1. The van der Waals surface area contributed by atoms with Crippen LogP contribution in [0.3, 0.4) is 0 Å². The molecule has 0 aromatic carbocycles. The van der Waals surface area contributed by atoms with Crippen LogP contribution < -0.4 is 0 Å². The van der Waals surface area contributed by atoms with Crippen molar-refractivity contribution in [2.75, 3.05) is 0 Å². The summed E-state index contributed by atoms with van der Waals surface area (Å²) < 4.78 is 36.5. The molecule has 0 aliphatic carbocycles. The number of rotatable bonds is 1. The van der Waals surface area contributed by atoms with Crippen molar-refractivity contribution in [2.45, 2.75) is 25.9 Å². The molecule has 0 spiro atoms. The fourth-order valence-electron chi connectivity index (χ4n) is 0.863. The molecule has 0 bridgehead atoms. The topological polar surface area (TPSA) is 12.9 Å². The van der Waals surface area contributed by atoms with E-state index in [2.05, 4.69) is 11.1 Å². The minimum Gasteiger partial charge on any atom is -0.260 e. The summed E-state index contributed by atoms with van der Waals surface area (Å²) in [5.74, 6) is -0.0395. The second kappa shape index (κ2) is 3.36. The third kappa shape index (κ3) is 2.44. The predicted octanol–water partition coefficient (Wildman–Crippen LogP) is 3.02. The summed E-state index contributed by atoms with van der Waals surface area (Å²) in [6.45, 7) is 3.55. The van der Waals surface area contributed by atoms with Crippen molar-refractivity contribution >= 4 is 0 Å². The Morgan fingerprint density at radius 2 is 2.00 bits per heavy atom. The molecule has 1 rings (SSSR count). The summed E-state index contributed by atoms with van der Waals surface area (Å²) in [7, 11) is 0. The van der Waals surface area contributed by atoms with E-state index in [4.69, 9.17) is 0 Å². The number of hydrogen-bond donors (Lipinski definition) is 0. The van der Waals surface area contributed by atoms with Crippen molar-refractivity contribution in [3.8, 4) is 0 Å². The van der Waals surface area contributed by atoms with Crippen molar-refractivity contribution in [1.29, 1.82) is 0 Å². The summed E-state index contributed by atoms with van der Waals surface area (Å²) in [6, 6.07) is 3.17. The molecule has 0 amide bonds. The molecule has 0 saturated carbocycles. The lowest BCUT2D eigenvalue weighted by molar-refractivity contribution is -0.137. The molecule has 1 nitrogen and oxygen atoms in total. The Morgan fingerprint density at radius 3 is 2.46 bits per heavy atom. The normalized spacial score (nSPS) is 12.2. The maximum atomic E-state index is 12.2. The maximum Gasteiger partial charge on any atom is 0.417 e. The number of hydrogen-bond acceptors (Lipinski definition) is 1. The van der Waals surface area contributed by atoms with Gasteiger partial charge in [-0.2, -0.15) is 13.2 Å². The SMILES string of the molecule is CC(C)c1[c]c(C(F)(F)F)ccn1. The zero-order valence-corrected chi connectivity index (χ0v) is 7.31. The molecule has 0 aliphatic heterocycles. The standard InChI is InChI=1S/C9H9F3N/c1-6(2)8-5-7(3-4-13-8)9(10,11)12/h3-4,6H,1-2H3. The summed E-state index contributed by atoms with van der Waals surface area (Å²) in [6.07, 6.45) is -3.17. The molecule has 0 fully saturated rings. The first-order valence-electron chi connectivity index (χ1n) is 3.86. The van der Waals surface area contributed by atoms with E-state index in [9.17, 15) is 13.2 Å². The Balaban J connectivity index is 3.06. The smallest absolute Gasteiger partial charge is 0.260 e. The first-order chi connectivity index (χ1) is 5.91. The van der Waals surface area contributed by atoms with E-state index in [1.807, 2.05) is 0 Å². The van der Waals surface area contributed by atoms with Gasteiger partial charge in [0.15, 0.2) is 0 Å². The van der Waals surface area contributed by atoms with Gasteiger partial charge in [-0.1, -0.05) is 13.8 Å². The van der Waals surface area contributed by atoms with Gasteiger partial charge in [0.05, 0.1) is 11.3 Å². The Bertz CT molecular complexity index is 291. The second-order valence-corrected chi connectivity index (χ2v) is 3.02. The summed E-state index contributed by atoms with van der Waals surface area (Å²) in [4.78, 5) is 3.80. The predicted molar refractivity (Wildman–Crippen MR) is 42.2 cm³/mol. The zero-order valence-electron chi connectivity index (χ0n) is 7.31. The number of halogens is 3. The maximum absolute atomic E-state index is 12.2. The fourth-order valence-corrected chi connectivity index (χ4v) is 0.863. The van der Waals surface area contributed by atoms with Crippen LogP contribution in [0.5, 0.6) is 0 Å². The Morgan fingerprint density at radius 1 is 1.38 bits per heavy atom. The molecule has 0 N–H and O–H groups in total. The van der Waals surface area contributed by atoms with E-state index in [1.165, 1.54) is 0 Å². The highest BCUT2D eigenvalue weighted by atomic mass is 19.4. The van der Waals surface area contributed by atoms with Crippen LogP contribution in [0, 0.1) is 6.07 Å². The molecule has 13 heavy (non-hydrogen) atoms. The molecule has 0 saturated heterocycles. The quantitative estimate of drug-likeness (QED) is 0.660. The lowest BCUT2D eigenvalue weighted by Gasteiger charge is -2.08. The molecule has 1 aromatic rings. The highest BCUT2D eigenvalue weighted by molar-refractivity contribution is 5.19. The minimum atomic E-state index is -4.33. The van der Waals surface area contributed by atoms with Crippen LogP contribution in [0.1, 0.15) is 31.0 Å². The van der Waals surface area contributed by atoms with Gasteiger partial charge in [0.2, 0.25) is 0 Å². The third-order valence-electron chi connectivity index (χ3n) is 1.57. The Kier molecular flexibility index (Phi) is 2.59. The average Bonchev–Trinajstić information content (AvgIpc) is 2.03. The van der Waals surface area contributed by atoms with Gasteiger partial charge in [-0.15, -0.1) is 0 Å². The van der Waals surface area contributed by atoms with Gasteiger partial charge in [-0.3, -0.25) is 4.98 Å². The lowest BCUT2D eigenvalue weighted by atomic mass is 10.1. The first-order valence-corrected chi connectivity index (χ1v) is 3.86. The monoisotopic (exact) mass is 188 g/mol. The van der Waals surface area contributed by atoms with Crippen LogP contribution in [0.2, 0.25) is 0 Å². The van der Waals surface area contributed by atoms with Gasteiger partial charge >= 0.3 is 6.18 Å². The number of alkyl halides is 3. The van der Waals surface area contributed by atoms with Crippen molar-refractivity contribution in [3.63, 3.8) is 0 Å². The molecule has 0 atom stereocenters. The summed E-state index contributed by atoms with van der Waals surface area (Å²) >= 11 is 0. The third-order valence-corrected chi connectivity index (χ3v) is 1.57. The molecular weight excluding hydrogens is 179 g/mol. The fraction of sp³-hybridized carbons (Fsp3) is 0.444. The second-order valence-electron chi connectivity index (χ2n) is 3.02. The van der Waals surface area contributed by atoms with E-state index in [0.29, 0.717) is 5.69 Å². The van der Waals surface area contributed by atoms with Crippen molar-refractivity contribution in [1.82, 2.24) is 4.98 Å². The highest BCUT2D eigenvalue weighted by Crippen LogP contribution is 2.29. The van der Waals surface area contributed by atoms with Crippen molar-refractivity contribution < 1.29 is 13.2 Å². The zero-order chi connectivity index (χ0) is 10.1. The number of nitrogens with zero attached hydrogens (tertiary/aromatic N) is 1. The summed E-state index contributed by atoms with van der Waals surface area (Å²) in [5, 5.41) is 0. The molecule has 1 radical (unpaired) electrons. The lowest BCUT2D eigenvalue weighted by Crippen LogP contribution is -2.07. The van der Waals surface area contributed by atoms with Gasteiger partial charge in [-0.25, -0.2) is 0 Å². The van der Waals surface area contributed by atoms with Gasteiger partial charge in [0.25, 0.3) is 0 Å². The Labute approximate surface area is 74.6 Å². The van der Waals surface area contributed by atoms with Crippen molar-refractivity contribution in [2.24, 2.45) is 0 Å². The van der Waals surface area contributed by atoms with Crippen LogP contribution >= 0.6 is 0 Å². The van der Waals surface area contributed by atoms with Gasteiger partial charge in [0, 0.05) is 12.3 Å². The van der Waals surface area contributed by atoms with E-state index in [0.717, 1.165) is 12.3 Å². The molecule has 1 heterocycles. The average molecular weight is 188 g/mol. The first kappa shape index (κ1) is 10.0. The molecule has 1 aromatic heterocycles. The van der Waals surface area contributed by atoms with Crippen LogP contribution in [0.25, 0.3) is 0 Å². The molecule has 0 aliphatic rings. The number of aromatic nitrogens is 1. The van der Waals surface area contributed by atoms with Gasteiger partial charge < -0.3 is 0 Å². The van der Waals surface area contributed by atoms with E-state index in [1.54, 1.807) is 13.8 Å². The Hall–Kier alpha value is -1.06. The van der Waals surface area contributed by atoms with E-state index < -0.39 is 11.7 Å². The minimum absolute atomic E-state index is 0.0395.